The second-order valence-corrected chi connectivity index (χ2v) is 7.60. The fourth-order valence-electron chi connectivity index (χ4n) is 3.78. The minimum atomic E-state index is 0.572. The minimum absolute atomic E-state index is 0.572. The predicted octanol–water partition coefficient (Wildman–Crippen LogP) is 5.43. The summed E-state index contributed by atoms with van der Waals surface area (Å²) in [4.78, 5) is 2.42. The maximum Gasteiger partial charge on any atom is 0.204 e. The van der Waals surface area contributed by atoms with E-state index in [1.807, 2.05) is 42.5 Å². The van der Waals surface area contributed by atoms with Gasteiger partial charge in [0.2, 0.25) is 5.75 Å². The minimum Gasteiger partial charge on any atom is -0.493 e. The summed E-state index contributed by atoms with van der Waals surface area (Å²) in [6.07, 6.45) is 7.72. The average Bonchev–Trinajstić information content (AvgIpc) is 3.29. The summed E-state index contributed by atoms with van der Waals surface area (Å²) in [5.74, 6) is 3.14. The molecule has 0 amide bonds. The molecule has 0 spiro atoms. The van der Waals surface area contributed by atoms with Gasteiger partial charge in [-0.3, -0.25) is 4.90 Å². The molecule has 2 aromatic carbocycles. The quantitative estimate of drug-likeness (QED) is 0.426. The molecule has 0 unspecified atom stereocenters. The molecule has 1 fully saturated rings. The number of hydrogen-bond acceptors (Lipinski definition) is 5. The van der Waals surface area contributed by atoms with Crippen LogP contribution >= 0.6 is 0 Å². The van der Waals surface area contributed by atoms with Gasteiger partial charge in [0.1, 0.15) is 6.61 Å². The van der Waals surface area contributed by atoms with Crippen LogP contribution in [0.25, 0.3) is 0 Å². The van der Waals surface area contributed by atoms with Crippen molar-refractivity contribution < 1.29 is 18.9 Å². The number of likely N-dealkylation sites (tertiary alicyclic amines) is 1. The Kier molecular flexibility index (Phi) is 8.42. The van der Waals surface area contributed by atoms with Crippen molar-refractivity contribution in [1.29, 1.82) is 0 Å². The topological polar surface area (TPSA) is 40.2 Å². The number of nitrogens with zero attached hydrogens (tertiary/aromatic N) is 1. The standard InChI is InChI=1S/C26H33NO4/c1-5-9-20-11-12-22(23(17-20)28-3)31-25-19-21(10-6-2)18-24(29-4)26(25)30-16-15-27-13-7-8-14-27/h5-6,11-12,17-19H,1-2,7-10,13-16H2,3-4H3. The molecule has 1 aliphatic rings. The molecule has 0 aliphatic carbocycles. The molecule has 5 nitrogen and oxygen atoms in total. The van der Waals surface area contributed by atoms with Crippen molar-refractivity contribution in [1.82, 2.24) is 4.90 Å². The highest BCUT2D eigenvalue weighted by atomic mass is 16.5. The van der Waals surface area contributed by atoms with Crippen LogP contribution in [0.4, 0.5) is 0 Å². The van der Waals surface area contributed by atoms with Crippen LogP contribution < -0.4 is 18.9 Å². The summed E-state index contributed by atoms with van der Waals surface area (Å²) in [6, 6.07) is 9.85. The lowest BCUT2D eigenvalue weighted by molar-refractivity contribution is 0.224. The third-order valence-electron chi connectivity index (χ3n) is 5.36. The number of methoxy groups -OCH3 is 2. The lowest BCUT2D eigenvalue weighted by atomic mass is 10.1. The normalized spacial score (nSPS) is 13.6. The highest BCUT2D eigenvalue weighted by Crippen LogP contribution is 2.43. The van der Waals surface area contributed by atoms with E-state index in [9.17, 15) is 0 Å². The Morgan fingerprint density at radius 2 is 1.48 bits per heavy atom. The molecule has 0 atom stereocenters. The van der Waals surface area contributed by atoms with Gasteiger partial charge in [-0.1, -0.05) is 18.2 Å². The Morgan fingerprint density at radius 1 is 0.839 bits per heavy atom. The molecule has 1 heterocycles. The van der Waals surface area contributed by atoms with Crippen LogP contribution in [0.2, 0.25) is 0 Å². The van der Waals surface area contributed by atoms with Gasteiger partial charge in [0.05, 0.1) is 14.2 Å². The van der Waals surface area contributed by atoms with Gasteiger partial charge in [0.15, 0.2) is 23.0 Å². The molecule has 5 heteroatoms. The van der Waals surface area contributed by atoms with Gasteiger partial charge in [0, 0.05) is 6.54 Å². The molecule has 0 N–H and O–H groups in total. The molecule has 3 rings (SSSR count). The van der Waals surface area contributed by atoms with Crippen LogP contribution in [0.5, 0.6) is 28.7 Å². The van der Waals surface area contributed by atoms with E-state index in [2.05, 4.69) is 18.1 Å². The van der Waals surface area contributed by atoms with Crippen LogP contribution in [0, 0.1) is 0 Å². The van der Waals surface area contributed by atoms with E-state index in [1.54, 1.807) is 14.2 Å². The third kappa shape index (κ3) is 6.05. The van der Waals surface area contributed by atoms with Gasteiger partial charge in [-0.15, -0.1) is 13.2 Å². The van der Waals surface area contributed by atoms with E-state index < -0.39 is 0 Å². The van der Waals surface area contributed by atoms with Crippen molar-refractivity contribution in [3.05, 3.63) is 66.8 Å². The highest BCUT2D eigenvalue weighted by molar-refractivity contribution is 5.57. The van der Waals surface area contributed by atoms with Crippen LogP contribution in [-0.2, 0) is 12.8 Å². The van der Waals surface area contributed by atoms with Crippen molar-refractivity contribution >= 4 is 0 Å². The van der Waals surface area contributed by atoms with Crippen molar-refractivity contribution in [3.8, 4) is 28.7 Å². The largest absolute Gasteiger partial charge is 0.493 e. The third-order valence-corrected chi connectivity index (χ3v) is 5.36. The van der Waals surface area contributed by atoms with Crippen LogP contribution in [0.1, 0.15) is 24.0 Å². The lowest BCUT2D eigenvalue weighted by Crippen LogP contribution is -2.25. The van der Waals surface area contributed by atoms with Gasteiger partial charge >= 0.3 is 0 Å². The van der Waals surface area contributed by atoms with Crippen molar-refractivity contribution in [2.75, 3.05) is 40.5 Å². The van der Waals surface area contributed by atoms with Gasteiger partial charge in [0.25, 0.3) is 0 Å². The smallest absolute Gasteiger partial charge is 0.204 e. The van der Waals surface area contributed by atoms with Crippen molar-refractivity contribution in [2.45, 2.75) is 25.7 Å². The Morgan fingerprint density at radius 3 is 2.16 bits per heavy atom. The number of hydrogen-bond donors (Lipinski definition) is 0. The SMILES string of the molecule is C=CCc1ccc(Oc2cc(CC=C)cc(OC)c2OCCN2CCCC2)c(OC)c1. The second kappa shape index (κ2) is 11.5. The summed E-state index contributed by atoms with van der Waals surface area (Å²) < 4.78 is 23.7. The van der Waals surface area contributed by atoms with Crippen LogP contribution in [0.3, 0.4) is 0 Å². The van der Waals surface area contributed by atoms with Crippen LogP contribution in [0.15, 0.2) is 55.6 Å². The van der Waals surface area contributed by atoms with Crippen molar-refractivity contribution in [3.63, 3.8) is 0 Å². The fraction of sp³-hybridized carbons (Fsp3) is 0.385. The number of rotatable bonds is 12. The molecule has 1 aliphatic heterocycles. The first-order chi connectivity index (χ1) is 15.2. The molecule has 31 heavy (non-hydrogen) atoms. The Balaban J connectivity index is 1.89. The van der Waals surface area contributed by atoms with Gasteiger partial charge in [-0.05, 0) is 74.2 Å². The zero-order valence-electron chi connectivity index (χ0n) is 18.7. The number of benzene rings is 2. The molecule has 0 saturated carbocycles. The Bertz CT molecular complexity index is 887. The van der Waals surface area contributed by atoms with Crippen LogP contribution in [-0.4, -0.2) is 45.4 Å². The molecule has 2 aromatic rings. The Labute approximate surface area is 185 Å². The monoisotopic (exact) mass is 423 g/mol. The van der Waals surface area contributed by atoms with Gasteiger partial charge in [-0.2, -0.15) is 0 Å². The average molecular weight is 424 g/mol. The zero-order valence-corrected chi connectivity index (χ0v) is 18.7. The van der Waals surface area contributed by atoms with E-state index in [4.69, 9.17) is 18.9 Å². The predicted molar refractivity (Wildman–Crippen MR) is 125 cm³/mol. The highest BCUT2D eigenvalue weighted by Gasteiger charge is 2.18. The summed E-state index contributed by atoms with van der Waals surface area (Å²) >= 11 is 0. The first-order valence-electron chi connectivity index (χ1n) is 10.8. The van der Waals surface area contributed by atoms with Crippen molar-refractivity contribution in [2.24, 2.45) is 0 Å². The molecule has 166 valence electrons. The van der Waals surface area contributed by atoms with E-state index in [0.29, 0.717) is 41.8 Å². The fourth-order valence-corrected chi connectivity index (χ4v) is 3.78. The van der Waals surface area contributed by atoms with E-state index >= 15 is 0 Å². The zero-order chi connectivity index (χ0) is 22.1. The molecule has 0 radical (unpaired) electrons. The number of ether oxygens (including phenoxy) is 4. The second-order valence-electron chi connectivity index (χ2n) is 7.60. The van der Waals surface area contributed by atoms with Gasteiger partial charge < -0.3 is 18.9 Å². The molecular weight excluding hydrogens is 390 g/mol. The summed E-state index contributed by atoms with van der Waals surface area (Å²) in [7, 11) is 3.29. The molecule has 0 bridgehead atoms. The Hall–Kier alpha value is -2.92. The van der Waals surface area contributed by atoms with Gasteiger partial charge in [-0.25, -0.2) is 0 Å². The maximum atomic E-state index is 6.31. The lowest BCUT2D eigenvalue weighted by Gasteiger charge is -2.20. The summed E-state index contributed by atoms with van der Waals surface area (Å²) in [5.41, 5.74) is 2.15. The summed E-state index contributed by atoms with van der Waals surface area (Å²) in [6.45, 7) is 11.4. The van der Waals surface area contributed by atoms with E-state index in [0.717, 1.165) is 37.2 Å². The summed E-state index contributed by atoms with van der Waals surface area (Å²) in [5, 5.41) is 0. The number of allylic oxidation sites excluding steroid dienone is 2. The molecule has 1 saturated heterocycles. The molecule has 0 aromatic heterocycles. The van der Waals surface area contributed by atoms with E-state index in [-0.39, 0.29) is 0 Å². The maximum absolute atomic E-state index is 6.31. The molecular formula is C26H33NO4. The first-order valence-corrected chi connectivity index (χ1v) is 10.8. The first kappa shape index (κ1) is 22.8. The van der Waals surface area contributed by atoms with E-state index in [1.165, 1.54) is 12.8 Å².